The molecule has 8 nitrogen and oxygen atoms in total. The van der Waals surface area contributed by atoms with Crippen molar-refractivity contribution in [1.29, 1.82) is 0 Å². The lowest BCUT2D eigenvalue weighted by atomic mass is 9.72. The van der Waals surface area contributed by atoms with Gasteiger partial charge in [-0.2, -0.15) is 0 Å². The lowest BCUT2D eigenvalue weighted by Crippen LogP contribution is -2.29. The monoisotopic (exact) mass is 544 g/mol. The summed E-state index contributed by atoms with van der Waals surface area (Å²) in [6.07, 6.45) is 14.2. The Labute approximate surface area is 238 Å². The van der Waals surface area contributed by atoms with E-state index in [1.54, 1.807) is 0 Å². The lowest BCUT2D eigenvalue weighted by Gasteiger charge is -2.30. The number of ketones is 2. The van der Waals surface area contributed by atoms with Gasteiger partial charge in [0.05, 0.1) is 23.3 Å². The minimum absolute atomic E-state index is 0.221. The molecule has 41 heavy (non-hydrogen) atoms. The Hall–Kier alpha value is -4.20. The van der Waals surface area contributed by atoms with E-state index in [2.05, 4.69) is 28.1 Å². The van der Waals surface area contributed by atoms with Gasteiger partial charge in [-0.15, -0.1) is 5.10 Å². The third-order valence-electron chi connectivity index (χ3n) is 9.62. The van der Waals surface area contributed by atoms with Crippen molar-refractivity contribution in [1.82, 2.24) is 24.7 Å². The molecule has 1 saturated carbocycles. The summed E-state index contributed by atoms with van der Waals surface area (Å²) in [5, 5.41) is 5.07. The highest BCUT2D eigenvalue weighted by Crippen LogP contribution is 2.48. The van der Waals surface area contributed by atoms with Gasteiger partial charge < -0.3 is 4.90 Å². The maximum atomic E-state index is 13.4. The number of nitrogens with zero attached hydrogens (tertiary/aromatic N) is 6. The quantitative estimate of drug-likeness (QED) is 0.313. The van der Waals surface area contributed by atoms with Gasteiger partial charge in [0.15, 0.2) is 28.5 Å². The highest BCUT2D eigenvalue weighted by molar-refractivity contribution is 6.05. The molecular weight excluding hydrogens is 512 g/mol. The molecule has 4 aromatic rings. The molecule has 0 radical (unpaired) electrons. The van der Waals surface area contributed by atoms with Gasteiger partial charge in [0, 0.05) is 30.1 Å². The molecule has 1 aliphatic heterocycles. The average Bonchev–Trinajstić information content (AvgIpc) is 3.52. The predicted octanol–water partition coefficient (Wildman–Crippen LogP) is 5.98. The topological polar surface area (TPSA) is 93.9 Å². The van der Waals surface area contributed by atoms with E-state index in [0.717, 1.165) is 97.5 Å². The summed E-state index contributed by atoms with van der Waals surface area (Å²) in [6.45, 7) is 0.816. The zero-order chi connectivity index (χ0) is 27.6. The van der Waals surface area contributed by atoms with Crippen LogP contribution in [0.1, 0.15) is 84.7 Å². The van der Waals surface area contributed by atoms with E-state index >= 15 is 0 Å². The molecule has 1 spiro atoms. The maximum Gasteiger partial charge on any atom is 0.183 e. The van der Waals surface area contributed by atoms with Gasteiger partial charge in [0.2, 0.25) is 0 Å². The smallest absolute Gasteiger partial charge is 0.183 e. The van der Waals surface area contributed by atoms with Crippen LogP contribution in [0.2, 0.25) is 0 Å². The third kappa shape index (κ3) is 3.87. The van der Waals surface area contributed by atoms with Crippen LogP contribution in [0, 0.1) is 5.41 Å². The number of hydrogen-bond acceptors (Lipinski definition) is 7. The Balaban J connectivity index is 1.19. The number of fused-ring (bicyclic) bond motifs is 3. The first-order valence-corrected chi connectivity index (χ1v) is 14.9. The number of Topliss-reactive ketones (excluding diaryl/α,β-unsaturated/α-hetero) is 2. The standard InChI is InChI=1S/C33H32N6O2/c40-28-12-4-3-10-27(28)39-31-29(32(37-39)38-18-6-9-24-26(38)11-5-17-34-24)35-20-25(36-31)21-13-15-33(16-14-21)19-22-7-1-2-8-23(22)30(33)41/h1-2,5,7-8,11,13,17,20,27H,3-4,6,9-10,12,14-16,18-19H2. The van der Waals surface area contributed by atoms with Crippen LogP contribution < -0.4 is 4.90 Å². The molecule has 0 N–H and O–H groups in total. The average molecular weight is 545 g/mol. The lowest BCUT2D eigenvalue weighted by molar-refractivity contribution is -0.124. The predicted molar refractivity (Wildman–Crippen MR) is 156 cm³/mol. The second-order valence-electron chi connectivity index (χ2n) is 12.0. The summed E-state index contributed by atoms with van der Waals surface area (Å²) < 4.78 is 1.86. The van der Waals surface area contributed by atoms with Gasteiger partial charge in [-0.25, -0.2) is 14.6 Å². The van der Waals surface area contributed by atoms with Gasteiger partial charge in [0.1, 0.15) is 6.04 Å². The third-order valence-corrected chi connectivity index (χ3v) is 9.62. The Bertz CT molecular complexity index is 1760. The fraction of sp³-hybridized carbons (Fsp3) is 0.394. The minimum atomic E-state index is -0.343. The number of hydrogen-bond donors (Lipinski definition) is 0. The minimum Gasteiger partial charge on any atom is -0.321 e. The van der Waals surface area contributed by atoms with Crippen molar-refractivity contribution in [3.63, 3.8) is 0 Å². The maximum absolute atomic E-state index is 13.4. The van der Waals surface area contributed by atoms with E-state index in [4.69, 9.17) is 15.1 Å². The number of carbonyl (C=O) groups excluding carboxylic acids is 2. The molecule has 8 rings (SSSR count). The molecule has 4 aliphatic rings. The van der Waals surface area contributed by atoms with E-state index < -0.39 is 0 Å². The van der Waals surface area contributed by atoms with Crippen LogP contribution in [0.25, 0.3) is 16.7 Å². The van der Waals surface area contributed by atoms with Crippen LogP contribution in [0.4, 0.5) is 11.5 Å². The van der Waals surface area contributed by atoms with E-state index in [1.165, 1.54) is 5.56 Å². The fourth-order valence-corrected chi connectivity index (χ4v) is 7.41. The van der Waals surface area contributed by atoms with Crippen molar-refractivity contribution in [2.75, 3.05) is 11.4 Å². The molecule has 2 atom stereocenters. The van der Waals surface area contributed by atoms with Crippen molar-refractivity contribution in [3.8, 4) is 0 Å². The molecule has 0 bridgehead atoms. The molecule has 206 valence electrons. The molecule has 4 heterocycles. The van der Waals surface area contributed by atoms with E-state index in [0.29, 0.717) is 18.5 Å². The first-order valence-electron chi connectivity index (χ1n) is 14.9. The van der Waals surface area contributed by atoms with Crippen LogP contribution in [0.5, 0.6) is 0 Å². The SMILES string of the molecule is O=C1CCCCC1n1nc(N2CCCc3ncccc32)c2ncc(C3=CCC4(CC3)Cc3ccccc3C4=O)nc21. The van der Waals surface area contributed by atoms with Crippen LogP contribution >= 0.6 is 0 Å². The zero-order valence-electron chi connectivity index (χ0n) is 23.1. The second kappa shape index (κ2) is 9.43. The Morgan fingerprint density at radius 1 is 0.951 bits per heavy atom. The van der Waals surface area contributed by atoms with Crippen molar-refractivity contribution in [2.24, 2.45) is 5.41 Å². The van der Waals surface area contributed by atoms with Gasteiger partial charge in [-0.1, -0.05) is 36.8 Å². The van der Waals surface area contributed by atoms with Crippen LogP contribution in [-0.4, -0.2) is 42.8 Å². The Morgan fingerprint density at radius 3 is 2.73 bits per heavy atom. The summed E-state index contributed by atoms with van der Waals surface area (Å²) in [6, 6.07) is 11.8. The van der Waals surface area contributed by atoms with Crippen molar-refractivity contribution >= 4 is 39.8 Å². The molecule has 3 aromatic heterocycles. The Morgan fingerprint density at radius 2 is 1.88 bits per heavy atom. The van der Waals surface area contributed by atoms with E-state index in [1.807, 2.05) is 41.3 Å². The highest BCUT2D eigenvalue weighted by Gasteiger charge is 2.45. The second-order valence-corrected chi connectivity index (χ2v) is 12.0. The van der Waals surface area contributed by atoms with Crippen molar-refractivity contribution in [3.05, 3.63) is 77.4 Å². The molecule has 3 aliphatic carbocycles. The first-order chi connectivity index (χ1) is 20.1. The van der Waals surface area contributed by atoms with Crippen LogP contribution in [0.15, 0.2) is 54.9 Å². The van der Waals surface area contributed by atoms with E-state index in [-0.39, 0.29) is 23.0 Å². The highest BCUT2D eigenvalue weighted by atomic mass is 16.1. The van der Waals surface area contributed by atoms with Crippen LogP contribution in [0.3, 0.4) is 0 Å². The normalized spacial score (nSPS) is 24.0. The van der Waals surface area contributed by atoms with Gasteiger partial charge in [-0.05, 0) is 74.6 Å². The number of benzene rings is 1. The fourth-order valence-electron chi connectivity index (χ4n) is 7.41. The number of pyridine rings is 1. The number of aryl methyl sites for hydroxylation is 1. The molecular formula is C33H32N6O2. The van der Waals surface area contributed by atoms with Gasteiger partial charge in [0.25, 0.3) is 0 Å². The van der Waals surface area contributed by atoms with Crippen molar-refractivity contribution < 1.29 is 9.59 Å². The van der Waals surface area contributed by atoms with Crippen LogP contribution in [-0.2, 0) is 17.6 Å². The summed E-state index contributed by atoms with van der Waals surface area (Å²) in [5.74, 6) is 1.25. The molecule has 0 amide bonds. The summed E-state index contributed by atoms with van der Waals surface area (Å²) >= 11 is 0. The molecule has 1 aromatic carbocycles. The number of aromatic nitrogens is 5. The summed E-state index contributed by atoms with van der Waals surface area (Å²) in [5.41, 5.74) is 7.13. The molecule has 2 unspecified atom stereocenters. The summed E-state index contributed by atoms with van der Waals surface area (Å²) in [4.78, 5) is 43.4. The largest absolute Gasteiger partial charge is 0.321 e. The molecule has 8 heteroatoms. The number of anilines is 2. The number of rotatable bonds is 3. The molecule has 0 saturated heterocycles. The Kier molecular flexibility index (Phi) is 5.66. The van der Waals surface area contributed by atoms with Crippen molar-refractivity contribution in [2.45, 2.75) is 70.3 Å². The number of allylic oxidation sites excluding steroid dienone is 2. The van der Waals surface area contributed by atoms with Gasteiger partial charge in [-0.3, -0.25) is 14.6 Å². The first kappa shape index (κ1) is 24.6. The van der Waals surface area contributed by atoms with Gasteiger partial charge >= 0.3 is 0 Å². The summed E-state index contributed by atoms with van der Waals surface area (Å²) in [7, 11) is 0. The number of carbonyl (C=O) groups is 2. The van der Waals surface area contributed by atoms with E-state index in [9.17, 15) is 9.59 Å². The molecule has 1 fully saturated rings. The zero-order valence-corrected chi connectivity index (χ0v) is 23.1.